The van der Waals surface area contributed by atoms with Crippen LogP contribution in [0.25, 0.3) is 0 Å². The smallest absolute Gasteiger partial charge is 0.242 e. The highest BCUT2D eigenvalue weighted by Gasteiger charge is 2.26. The summed E-state index contributed by atoms with van der Waals surface area (Å²) >= 11 is 6.33. The van der Waals surface area contributed by atoms with Crippen molar-refractivity contribution in [1.82, 2.24) is 10.2 Å². The molecule has 1 atom stereocenters. The maximum Gasteiger partial charge on any atom is 0.242 e. The molecule has 0 fully saturated rings. The number of hydrogen-bond donors (Lipinski definition) is 1. The van der Waals surface area contributed by atoms with Crippen LogP contribution in [0.1, 0.15) is 48.9 Å². The van der Waals surface area contributed by atoms with Crippen LogP contribution in [0.4, 0.5) is 0 Å². The zero-order valence-corrected chi connectivity index (χ0v) is 18.6. The van der Waals surface area contributed by atoms with Crippen molar-refractivity contribution in [3.8, 4) is 0 Å². The molecule has 2 aromatic rings. The summed E-state index contributed by atoms with van der Waals surface area (Å²) in [6, 6.07) is 13.0. The van der Waals surface area contributed by atoms with Crippen molar-refractivity contribution in [3.63, 3.8) is 0 Å². The standard InChI is InChI=1S/C24H31ClN2O2/c1-5-6-13-26-24(29)19(4)27(16-20-9-7-8-10-22(20)25)23(28)15-21-14-17(2)11-12-18(21)3/h7-12,14,19H,5-6,13,15-16H2,1-4H3,(H,26,29)/t19-/m1/s1. The van der Waals surface area contributed by atoms with Crippen molar-refractivity contribution in [3.05, 3.63) is 69.7 Å². The molecule has 5 heteroatoms. The van der Waals surface area contributed by atoms with Crippen molar-refractivity contribution in [1.29, 1.82) is 0 Å². The summed E-state index contributed by atoms with van der Waals surface area (Å²) in [4.78, 5) is 27.6. The monoisotopic (exact) mass is 414 g/mol. The number of nitrogens with one attached hydrogen (secondary N) is 1. The van der Waals surface area contributed by atoms with Crippen LogP contribution in [0, 0.1) is 13.8 Å². The molecule has 2 amide bonds. The minimum Gasteiger partial charge on any atom is -0.354 e. The first-order valence-corrected chi connectivity index (χ1v) is 10.6. The number of nitrogens with zero attached hydrogens (tertiary/aromatic N) is 1. The van der Waals surface area contributed by atoms with E-state index < -0.39 is 6.04 Å². The largest absolute Gasteiger partial charge is 0.354 e. The number of unbranched alkanes of at least 4 members (excludes halogenated alkanes) is 1. The number of benzene rings is 2. The molecule has 0 heterocycles. The first kappa shape index (κ1) is 23.0. The van der Waals surface area contributed by atoms with Gasteiger partial charge in [0.2, 0.25) is 11.8 Å². The molecular weight excluding hydrogens is 384 g/mol. The zero-order chi connectivity index (χ0) is 21.4. The van der Waals surface area contributed by atoms with Gasteiger partial charge in [-0.25, -0.2) is 0 Å². The lowest BCUT2D eigenvalue weighted by Gasteiger charge is -2.29. The molecule has 0 aliphatic rings. The van der Waals surface area contributed by atoms with E-state index in [-0.39, 0.29) is 18.2 Å². The number of carbonyl (C=O) groups is 2. The van der Waals surface area contributed by atoms with Crippen LogP contribution in [-0.2, 0) is 22.6 Å². The molecular formula is C24H31ClN2O2. The second kappa shape index (κ2) is 11.0. The third kappa shape index (κ3) is 6.60. The lowest BCUT2D eigenvalue weighted by Crippen LogP contribution is -2.48. The summed E-state index contributed by atoms with van der Waals surface area (Å²) in [7, 11) is 0. The van der Waals surface area contributed by atoms with E-state index in [1.54, 1.807) is 17.9 Å². The van der Waals surface area contributed by atoms with Gasteiger partial charge in [0.15, 0.2) is 0 Å². The summed E-state index contributed by atoms with van der Waals surface area (Å²) in [5, 5.41) is 3.53. The van der Waals surface area contributed by atoms with E-state index in [2.05, 4.69) is 12.2 Å². The van der Waals surface area contributed by atoms with Crippen LogP contribution in [0.2, 0.25) is 5.02 Å². The van der Waals surface area contributed by atoms with Gasteiger partial charge >= 0.3 is 0 Å². The first-order chi connectivity index (χ1) is 13.8. The maximum atomic E-state index is 13.3. The Balaban J connectivity index is 2.25. The average molecular weight is 415 g/mol. The molecule has 2 rings (SSSR count). The van der Waals surface area contributed by atoms with Crippen LogP contribution in [0.15, 0.2) is 42.5 Å². The molecule has 2 aromatic carbocycles. The molecule has 156 valence electrons. The molecule has 0 saturated carbocycles. The molecule has 29 heavy (non-hydrogen) atoms. The van der Waals surface area contributed by atoms with Crippen LogP contribution in [-0.4, -0.2) is 29.3 Å². The number of hydrogen-bond acceptors (Lipinski definition) is 2. The lowest BCUT2D eigenvalue weighted by molar-refractivity contribution is -0.140. The van der Waals surface area contributed by atoms with Gasteiger partial charge in [0.1, 0.15) is 6.04 Å². The van der Waals surface area contributed by atoms with Gasteiger partial charge in [0.05, 0.1) is 6.42 Å². The molecule has 1 N–H and O–H groups in total. The van der Waals surface area contributed by atoms with Crippen LogP contribution >= 0.6 is 11.6 Å². The Labute approximate surface area is 179 Å². The van der Waals surface area contributed by atoms with Gasteiger partial charge in [-0.15, -0.1) is 0 Å². The minimum absolute atomic E-state index is 0.0863. The van der Waals surface area contributed by atoms with Crippen LogP contribution in [0.5, 0.6) is 0 Å². The molecule has 0 aliphatic heterocycles. The predicted octanol–water partition coefficient (Wildman–Crippen LogP) is 4.83. The average Bonchev–Trinajstić information content (AvgIpc) is 2.69. The molecule has 0 aromatic heterocycles. The number of carbonyl (C=O) groups excluding carboxylic acids is 2. The van der Waals surface area contributed by atoms with Crippen molar-refractivity contribution in [2.75, 3.05) is 6.54 Å². The van der Waals surface area contributed by atoms with Crippen molar-refractivity contribution >= 4 is 23.4 Å². The molecule has 4 nitrogen and oxygen atoms in total. The van der Waals surface area contributed by atoms with Gasteiger partial charge in [0, 0.05) is 18.1 Å². The SMILES string of the molecule is CCCCNC(=O)[C@@H](C)N(Cc1ccccc1Cl)C(=O)Cc1cc(C)ccc1C. The van der Waals surface area contributed by atoms with E-state index in [4.69, 9.17) is 11.6 Å². The Bertz CT molecular complexity index is 851. The summed E-state index contributed by atoms with van der Waals surface area (Å²) in [5.41, 5.74) is 4.00. The highest BCUT2D eigenvalue weighted by atomic mass is 35.5. The Morgan fingerprint density at radius 2 is 1.83 bits per heavy atom. The fourth-order valence-electron chi connectivity index (χ4n) is 3.18. The Morgan fingerprint density at radius 1 is 1.10 bits per heavy atom. The van der Waals surface area contributed by atoms with Crippen LogP contribution in [0.3, 0.4) is 0 Å². The number of rotatable bonds is 9. The number of amides is 2. The quantitative estimate of drug-likeness (QED) is 0.597. The topological polar surface area (TPSA) is 49.4 Å². The van der Waals surface area contributed by atoms with Gasteiger partial charge in [-0.05, 0) is 49.9 Å². The van der Waals surface area contributed by atoms with E-state index >= 15 is 0 Å². The van der Waals surface area contributed by atoms with Crippen molar-refractivity contribution in [2.24, 2.45) is 0 Å². The van der Waals surface area contributed by atoms with E-state index in [1.807, 2.05) is 50.2 Å². The normalized spacial score (nSPS) is 11.8. The van der Waals surface area contributed by atoms with Gasteiger partial charge in [-0.3, -0.25) is 9.59 Å². The highest BCUT2D eigenvalue weighted by Crippen LogP contribution is 2.20. The fourth-order valence-corrected chi connectivity index (χ4v) is 3.38. The van der Waals surface area contributed by atoms with E-state index in [9.17, 15) is 9.59 Å². The second-order valence-corrected chi connectivity index (χ2v) is 7.95. The van der Waals surface area contributed by atoms with Crippen LogP contribution < -0.4 is 5.32 Å². The Hall–Kier alpha value is -2.33. The van der Waals surface area contributed by atoms with E-state index in [0.717, 1.165) is 35.1 Å². The Morgan fingerprint density at radius 3 is 2.52 bits per heavy atom. The van der Waals surface area contributed by atoms with Gasteiger partial charge in [-0.2, -0.15) is 0 Å². The lowest BCUT2D eigenvalue weighted by atomic mass is 10.0. The Kier molecular flexibility index (Phi) is 8.71. The van der Waals surface area contributed by atoms with E-state index in [0.29, 0.717) is 18.1 Å². The molecule has 0 aliphatic carbocycles. The molecule has 0 spiro atoms. The third-order valence-corrected chi connectivity index (χ3v) is 5.51. The zero-order valence-electron chi connectivity index (χ0n) is 17.8. The van der Waals surface area contributed by atoms with Gasteiger partial charge in [-0.1, -0.05) is 66.9 Å². The maximum absolute atomic E-state index is 13.3. The summed E-state index contributed by atoms with van der Waals surface area (Å²) < 4.78 is 0. The molecule has 0 unspecified atom stereocenters. The van der Waals surface area contributed by atoms with Crippen molar-refractivity contribution < 1.29 is 9.59 Å². The molecule has 0 bridgehead atoms. The molecule has 0 radical (unpaired) electrons. The van der Waals surface area contributed by atoms with Gasteiger partial charge in [0.25, 0.3) is 0 Å². The minimum atomic E-state index is -0.583. The number of halogens is 1. The third-order valence-electron chi connectivity index (χ3n) is 5.14. The fraction of sp³-hybridized carbons (Fsp3) is 0.417. The first-order valence-electron chi connectivity index (χ1n) is 10.2. The molecule has 0 saturated heterocycles. The summed E-state index contributed by atoms with van der Waals surface area (Å²) in [6.07, 6.45) is 2.17. The summed E-state index contributed by atoms with van der Waals surface area (Å²) in [6.45, 7) is 8.78. The summed E-state index contributed by atoms with van der Waals surface area (Å²) in [5.74, 6) is -0.225. The van der Waals surface area contributed by atoms with Crippen molar-refractivity contribution in [2.45, 2.75) is 59.5 Å². The number of aryl methyl sites for hydroxylation is 2. The van der Waals surface area contributed by atoms with E-state index in [1.165, 1.54) is 0 Å². The predicted molar refractivity (Wildman–Crippen MR) is 119 cm³/mol. The highest BCUT2D eigenvalue weighted by molar-refractivity contribution is 6.31. The second-order valence-electron chi connectivity index (χ2n) is 7.54. The van der Waals surface area contributed by atoms with Gasteiger partial charge < -0.3 is 10.2 Å².